The van der Waals surface area contributed by atoms with Crippen molar-refractivity contribution >= 4 is 12.1 Å². The minimum absolute atomic E-state index is 0.266. The second kappa shape index (κ2) is 9.22. The van der Waals surface area contributed by atoms with Crippen molar-refractivity contribution in [1.82, 2.24) is 10.9 Å². The van der Waals surface area contributed by atoms with Gasteiger partial charge in [-0.15, -0.1) is 0 Å². The lowest BCUT2D eigenvalue weighted by Gasteiger charge is -2.23. The molecule has 7 heteroatoms. The fourth-order valence-electron chi connectivity index (χ4n) is 2.02. The lowest BCUT2D eigenvalue weighted by Crippen LogP contribution is -2.43. The molecule has 1 aromatic carbocycles. The summed E-state index contributed by atoms with van der Waals surface area (Å²) >= 11 is 0. The summed E-state index contributed by atoms with van der Waals surface area (Å²) in [5, 5.41) is 0. The van der Waals surface area contributed by atoms with Gasteiger partial charge in [-0.3, -0.25) is 10.2 Å². The third kappa shape index (κ3) is 7.92. The number of hydrogen-bond donors (Lipinski definition) is 2. The smallest absolute Gasteiger partial charge is 0.422 e. The monoisotopic (exact) mass is 340 g/mol. The summed E-state index contributed by atoms with van der Waals surface area (Å²) < 4.78 is 22.8. The highest BCUT2D eigenvalue weighted by atomic mass is 19.1. The number of rotatable bonds is 7. The highest BCUT2D eigenvalue weighted by Gasteiger charge is 2.18. The summed E-state index contributed by atoms with van der Waals surface area (Å²) in [6.07, 6.45) is 0.763. The van der Waals surface area contributed by atoms with Crippen LogP contribution in [0.2, 0.25) is 0 Å². The quantitative estimate of drug-likeness (QED) is 0.589. The minimum atomic E-state index is -0.609. The summed E-state index contributed by atoms with van der Waals surface area (Å²) in [6, 6.07) is 5.65. The van der Waals surface area contributed by atoms with E-state index in [1.165, 1.54) is 19.2 Å². The fraction of sp³-hybridized carbons (Fsp3) is 0.529. The van der Waals surface area contributed by atoms with E-state index in [4.69, 9.17) is 4.74 Å². The number of nitrogens with one attached hydrogen (secondary N) is 2. The molecule has 0 aliphatic rings. The van der Waals surface area contributed by atoms with Gasteiger partial charge >= 0.3 is 12.1 Å². The van der Waals surface area contributed by atoms with Gasteiger partial charge in [-0.1, -0.05) is 12.1 Å². The average molecular weight is 340 g/mol. The number of esters is 1. The molecule has 1 aromatic rings. The number of carbonyl (C=O) groups is 2. The van der Waals surface area contributed by atoms with Crippen LogP contribution in [0.4, 0.5) is 9.18 Å². The van der Waals surface area contributed by atoms with Crippen molar-refractivity contribution in [2.24, 2.45) is 0 Å². The second-order valence-corrected chi connectivity index (χ2v) is 6.34. The maximum Gasteiger partial charge on any atom is 0.422 e. The van der Waals surface area contributed by atoms with Gasteiger partial charge in [0.2, 0.25) is 0 Å². The first-order chi connectivity index (χ1) is 11.2. The Morgan fingerprint density at radius 3 is 2.38 bits per heavy atom. The molecule has 0 spiro atoms. The topological polar surface area (TPSA) is 76.7 Å². The third-order valence-corrected chi connectivity index (χ3v) is 3.12. The Morgan fingerprint density at radius 2 is 1.83 bits per heavy atom. The Hall–Kier alpha value is -2.15. The van der Waals surface area contributed by atoms with Gasteiger partial charge in [-0.25, -0.2) is 14.6 Å². The molecule has 1 rings (SSSR count). The van der Waals surface area contributed by atoms with E-state index < -0.39 is 11.7 Å². The number of amides is 1. The van der Waals surface area contributed by atoms with Gasteiger partial charge < -0.3 is 9.47 Å². The summed E-state index contributed by atoms with van der Waals surface area (Å²) in [4.78, 5) is 23.0. The molecule has 0 radical (unpaired) electrons. The van der Waals surface area contributed by atoms with Gasteiger partial charge in [0.05, 0.1) is 13.2 Å². The average Bonchev–Trinajstić information content (AvgIpc) is 2.49. The van der Waals surface area contributed by atoms with Crippen LogP contribution in [-0.2, 0) is 14.3 Å². The lowest BCUT2D eigenvalue weighted by molar-refractivity contribution is -0.140. The maximum absolute atomic E-state index is 13.1. The van der Waals surface area contributed by atoms with Crippen LogP contribution < -0.4 is 10.9 Å². The first kappa shape index (κ1) is 19.9. The molecule has 1 amide bonds. The minimum Gasteiger partial charge on any atom is -0.469 e. The van der Waals surface area contributed by atoms with Gasteiger partial charge in [-0.2, -0.15) is 0 Å². The normalized spacial score (nSPS) is 12.4. The first-order valence-electron chi connectivity index (χ1n) is 7.78. The van der Waals surface area contributed by atoms with Gasteiger partial charge in [0.15, 0.2) is 0 Å². The SMILES string of the molecule is COC(=O)CCCC(NNC(=O)OC(C)(C)C)c1ccc(F)cc1. The Morgan fingerprint density at radius 1 is 1.21 bits per heavy atom. The van der Waals surface area contributed by atoms with Gasteiger partial charge in [-0.05, 0) is 51.3 Å². The standard InChI is InChI=1S/C17H25FN2O4/c1-17(2,3)24-16(22)20-19-14(6-5-7-15(21)23-4)12-8-10-13(18)11-9-12/h8-11,14,19H,5-7H2,1-4H3,(H,20,22). The van der Waals surface area contributed by atoms with Crippen LogP contribution in [0.5, 0.6) is 0 Å². The van der Waals surface area contributed by atoms with Crippen molar-refractivity contribution < 1.29 is 23.5 Å². The van der Waals surface area contributed by atoms with Gasteiger partial charge in [0, 0.05) is 6.42 Å². The zero-order valence-electron chi connectivity index (χ0n) is 14.5. The van der Waals surface area contributed by atoms with E-state index >= 15 is 0 Å². The highest BCUT2D eigenvalue weighted by molar-refractivity contribution is 5.69. The largest absolute Gasteiger partial charge is 0.469 e. The third-order valence-electron chi connectivity index (χ3n) is 3.12. The van der Waals surface area contributed by atoms with Crippen LogP contribution >= 0.6 is 0 Å². The number of methoxy groups -OCH3 is 1. The van der Waals surface area contributed by atoms with Crippen LogP contribution in [0.25, 0.3) is 0 Å². The summed E-state index contributed by atoms with van der Waals surface area (Å²) in [6.45, 7) is 5.29. The van der Waals surface area contributed by atoms with Crippen molar-refractivity contribution in [3.63, 3.8) is 0 Å². The molecular formula is C17H25FN2O4. The zero-order chi connectivity index (χ0) is 18.2. The molecule has 0 aliphatic carbocycles. The molecule has 0 bridgehead atoms. The van der Waals surface area contributed by atoms with E-state index in [1.54, 1.807) is 32.9 Å². The van der Waals surface area contributed by atoms with E-state index in [9.17, 15) is 14.0 Å². The Kier molecular flexibility index (Phi) is 7.64. The molecular weight excluding hydrogens is 315 g/mol. The summed E-state index contributed by atoms with van der Waals surface area (Å²) in [5.41, 5.74) is 5.53. The van der Waals surface area contributed by atoms with Crippen molar-refractivity contribution in [2.75, 3.05) is 7.11 Å². The molecule has 0 aromatic heterocycles. The molecule has 24 heavy (non-hydrogen) atoms. The van der Waals surface area contributed by atoms with Crippen LogP contribution in [0.3, 0.4) is 0 Å². The van der Waals surface area contributed by atoms with Gasteiger partial charge in [0.1, 0.15) is 11.4 Å². The molecule has 0 fully saturated rings. The molecule has 0 aliphatic heterocycles. The number of ether oxygens (including phenoxy) is 2. The molecule has 2 N–H and O–H groups in total. The Bertz CT molecular complexity index is 541. The van der Waals surface area contributed by atoms with E-state index in [0.717, 1.165) is 5.56 Å². The molecule has 6 nitrogen and oxygen atoms in total. The second-order valence-electron chi connectivity index (χ2n) is 6.34. The lowest BCUT2D eigenvalue weighted by atomic mass is 10.0. The molecule has 1 atom stereocenters. The van der Waals surface area contributed by atoms with Crippen LogP contribution in [0.15, 0.2) is 24.3 Å². The summed E-state index contributed by atoms with van der Waals surface area (Å²) in [7, 11) is 1.34. The van der Waals surface area contributed by atoms with E-state index in [2.05, 4.69) is 15.6 Å². The van der Waals surface area contributed by atoms with Gasteiger partial charge in [0.25, 0.3) is 0 Å². The number of benzene rings is 1. The number of hydrogen-bond acceptors (Lipinski definition) is 5. The predicted octanol–water partition coefficient (Wildman–Crippen LogP) is 3.24. The van der Waals surface area contributed by atoms with Crippen molar-refractivity contribution in [1.29, 1.82) is 0 Å². The molecule has 0 saturated carbocycles. The fourth-order valence-corrected chi connectivity index (χ4v) is 2.02. The molecule has 134 valence electrons. The van der Waals surface area contributed by atoms with Crippen LogP contribution in [0, 0.1) is 5.82 Å². The van der Waals surface area contributed by atoms with E-state index in [-0.39, 0.29) is 24.2 Å². The van der Waals surface area contributed by atoms with E-state index in [0.29, 0.717) is 12.8 Å². The van der Waals surface area contributed by atoms with Crippen molar-refractivity contribution in [2.45, 2.75) is 51.7 Å². The molecule has 0 saturated heterocycles. The highest BCUT2D eigenvalue weighted by Crippen LogP contribution is 2.19. The van der Waals surface area contributed by atoms with Crippen LogP contribution in [0.1, 0.15) is 51.6 Å². The Labute approximate surface area is 141 Å². The molecule has 1 unspecified atom stereocenters. The van der Waals surface area contributed by atoms with Crippen molar-refractivity contribution in [3.05, 3.63) is 35.6 Å². The predicted molar refractivity (Wildman–Crippen MR) is 87.5 cm³/mol. The number of hydrazine groups is 1. The maximum atomic E-state index is 13.1. The number of halogens is 1. The van der Waals surface area contributed by atoms with E-state index in [1.807, 2.05) is 0 Å². The number of carbonyl (C=O) groups excluding carboxylic acids is 2. The molecule has 0 heterocycles. The summed E-state index contributed by atoms with van der Waals surface area (Å²) in [5.74, 6) is -0.639. The van der Waals surface area contributed by atoms with Crippen molar-refractivity contribution in [3.8, 4) is 0 Å². The zero-order valence-corrected chi connectivity index (χ0v) is 14.5. The Balaban J connectivity index is 2.65. The first-order valence-corrected chi connectivity index (χ1v) is 7.78. The van der Waals surface area contributed by atoms with Crippen LogP contribution in [-0.4, -0.2) is 24.8 Å².